The standard InChI is InChI=1S/C19H26N2O2S2/c1-11(2)23-15(22)9-24-17-16-13-7-6-12(19(3,4)5)8-14(13)25-18(16)21-10-20-17/h10-12H,6-9H2,1-5H3/t12-/m0/s1. The molecule has 0 amide bonds. The third kappa shape index (κ3) is 4.17. The molecule has 2 aromatic heterocycles. The lowest BCUT2D eigenvalue weighted by Gasteiger charge is -2.33. The molecule has 3 rings (SSSR count). The maximum absolute atomic E-state index is 11.9. The number of aryl methyl sites for hydroxylation is 1. The first kappa shape index (κ1) is 18.6. The highest BCUT2D eigenvalue weighted by atomic mass is 32.2. The molecule has 0 spiro atoms. The van der Waals surface area contributed by atoms with Gasteiger partial charge in [-0.15, -0.1) is 11.3 Å². The summed E-state index contributed by atoms with van der Waals surface area (Å²) in [5.74, 6) is 0.807. The summed E-state index contributed by atoms with van der Waals surface area (Å²) in [6.45, 7) is 10.7. The minimum absolute atomic E-state index is 0.0817. The van der Waals surface area contributed by atoms with Crippen molar-refractivity contribution in [3.63, 3.8) is 0 Å². The van der Waals surface area contributed by atoms with Crippen LogP contribution >= 0.6 is 23.1 Å². The Balaban J connectivity index is 1.85. The van der Waals surface area contributed by atoms with E-state index in [9.17, 15) is 4.79 Å². The van der Waals surface area contributed by atoms with E-state index in [0.717, 1.165) is 28.1 Å². The van der Waals surface area contributed by atoms with Crippen LogP contribution in [0.2, 0.25) is 0 Å². The van der Waals surface area contributed by atoms with Gasteiger partial charge in [0.05, 0.1) is 11.9 Å². The van der Waals surface area contributed by atoms with Crippen LogP contribution in [0.4, 0.5) is 0 Å². The highest BCUT2D eigenvalue weighted by molar-refractivity contribution is 8.00. The number of aromatic nitrogens is 2. The molecule has 0 N–H and O–H groups in total. The summed E-state index contributed by atoms with van der Waals surface area (Å²) in [7, 11) is 0. The molecule has 4 nitrogen and oxygen atoms in total. The highest BCUT2D eigenvalue weighted by Gasteiger charge is 2.31. The Hall–Kier alpha value is -1.14. The van der Waals surface area contributed by atoms with Crippen LogP contribution in [0.3, 0.4) is 0 Å². The van der Waals surface area contributed by atoms with E-state index in [0.29, 0.717) is 17.1 Å². The van der Waals surface area contributed by atoms with Gasteiger partial charge < -0.3 is 4.74 Å². The fourth-order valence-electron chi connectivity index (χ4n) is 3.35. The number of thiophene rings is 1. The topological polar surface area (TPSA) is 52.1 Å². The molecule has 1 atom stereocenters. The van der Waals surface area contributed by atoms with E-state index in [2.05, 4.69) is 30.7 Å². The van der Waals surface area contributed by atoms with Crippen LogP contribution in [0.25, 0.3) is 10.2 Å². The zero-order valence-electron chi connectivity index (χ0n) is 15.6. The Bertz CT molecular complexity index is 778. The van der Waals surface area contributed by atoms with Gasteiger partial charge in [-0.25, -0.2) is 9.97 Å². The van der Waals surface area contributed by atoms with Crippen molar-refractivity contribution in [2.45, 2.75) is 65.0 Å². The van der Waals surface area contributed by atoms with Crippen LogP contribution < -0.4 is 0 Å². The first-order valence-corrected chi connectivity index (χ1v) is 10.6. The highest BCUT2D eigenvalue weighted by Crippen LogP contribution is 2.44. The van der Waals surface area contributed by atoms with E-state index in [-0.39, 0.29) is 12.1 Å². The minimum Gasteiger partial charge on any atom is -0.462 e. The molecule has 0 saturated carbocycles. The van der Waals surface area contributed by atoms with E-state index < -0.39 is 0 Å². The fourth-order valence-corrected chi connectivity index (χ4v) is 5.49. The van der Waals surface area contributed by atoms with Gasteiger partial charge in [-0.2, -0.15) is 0 Å². The van der Waals surface area contributed by atoms with Gasteiger partial charge in [-0.1, -0.05) is 32.5 Å². The van der Waals surface area contributed by atoms with Crippen molar-refractivity contribution < 1.29 is 9.53 Å². The van der Waals surface area contributed by atoms with Gasteiger partial charge in [0, 0.05) is 10.3 Å². The zero-order chi connectivity index (χ0) is 18.2. The predicted octanol–water partition coefficient (Wildman–Crippen LogP) is 4.89. The first-order valence-electron chi connectivity index (χ1n) is 8.83. The van der Waals surface area contributed by atoms with E-state index >= 15 is 0 Å². The first-order chi connectivity index (χ1) is 11.8. The van der Waals surface area contributed by atoms with Gasteiger partial charge in [0.25, 0.3) is 0 Å². The van der Waals surface area contributed by atoms with Crippen LogP contribution in [-0.2, 0) is 22.4 Å². The Kier molecular flexibility index (Phi) is 5.40. The van der Waals surface area contributed by atoms with Crippen molar-refractivity contribution in [2.75, 3.05) is 5.75 Å². The summed E-state index contributed by atoms with van der Waals surface area (Å²) < 4.78 is 5.23. The number of nitrogens with zero attached hydrogens (tertiary/aromatic N) is 2. The molecule has 0 saturated heterocycles. The third-order valence-corrected chi connectivity index (χ3v) is 6.85. The summed E-state index contributed by atoms with van der Waals surface area (Å²) in [6.07, 6.45) is 4.94. The van der Waals surface area contributed by atoms with Gasteiger partial charge in [0.2, 0.25) is 0 Å². The van der Waals surface area contributed by atoms with Crippen LogP contribution in [0, 0.1) is 11.3 Å². The minimum atomic E-state index is -0.191. The SMILES string of the molecule is CC(C)OC(=O)CSc1ncnc2sc3c(c12)CC[C@H](C(C)(C)C)C3. The van der Waals surface area contributed by atoms with E-state index in [1.54, 1.807) is 17.7 Å². The number of carbonyl (C=O) groups excluding carboxylic acids is 1. The molecule has 2 heterocycles. The molecule has 0 unspecified atom stereocenters. The normalized spacial score (nSPS) is 17.8. The Morgan fingerprint density at radius 3 is 2.84 bits per heavy atom. The molecule has 0 aliphatic heterocycles. The number of esters is 1. The number of hydrogen-bond donors (Lipinski definition) is 0. The number of fused-ring (bicyclic) bond motifs is 3. The lowest BCUT2D eigenvalue weighted by Crippen LogP contribution is -2.26. The molecule has 0 aromatic carbocycles. The smallest absolute Gasteiger partial charge is 0.316 e. The Morgan fingerprint density at radius 2 is 2.16 bits per heavy atom. The van der Waals surface area contributed by atoms with Gasteiger partial charge >= 0.3 is 5.97 Å². The third-order valence-electron chi connectivity index (χ3n) is 4.73. The lowest BCUT2D eigenvalue weighted by atomic mass is 9.72. The molecule has 25 heavy (non-hydrogen) atoms. The van der Waals surface area contributed by atoms with E-state index in [4.69, 9.17) is 4.74 Å². The van der Waals surface area contributed by atoms with Gasteiger partial charge in [-0.05, 0) is 50.0 Å². The molecule has 136 valence electrons. The summed E-state index contributed by atoms with van der Waals surface area (Å²) in [5, 5.41) is 2.08. The predicted molar refractivity (Wildman–Crippen MR) is 104 cm³/mol. The van der Waals surface area contributed by atoms with Gasteiger partial charge in [0.15, 0.2) is 0 Å². The Labute approximate surface area is 157 Å². The van der Waals surface area contributed by atoms with E-state index in [1.165, 1.54) is 28.6 Å². The number of rotatable bonds is 4. The molecule has 6 heteroatoms. The molecular formula is C19H26N2O2S2. The summed E-state index contributed by atoms with van der Waals surface area (Å²) >= 11 is 3.26. The molecule has 0 radical (unpaired) electrons. The number of carbonyl (C=O) groups is 1. The average molecular weight is 379 g/mol. The quantitative estimate of drug-likeness (QED) is 0.431. The van der Waals surface area contributed by atoms with Crippen LogP contribution in [-0.4, -0.2) is 27.8 Å². The largest absolute Gasteiger partial charge is 0.462 e. The average Bonchev–Trinajstić information content (AvgIpc) is 2.89. The Morgan fingerprint density at radius 1 is 1.40 bits per heavy atom. The number of thioether (sulfide) groups is 1. The summed E-state index contributed by atoms with van der Waals surface area (Å²) in [4.78, 5) is 23.3. The van der Waals surface area contributed by atoms with Crippen molar-refractivity contribution in [3.8, 4) is 0 Å². The van der Waals surface area contributed by atoms with Gasteiger partial charge in [-0.3, -0.25) is 4.79 Å². The molecule has 1 aliphatic carbocycles. The maximum atomic E-state index is 11.9. The number of hydrogen-bond acceptors (Lipinski definition) is 6. The van der Waals surface area contributed by atoms with Crippen molar-refractivity contribution in [3.05, 3.63) is 16.8 Å². The van der Waals surface area contributed by atoms with Crippen LogP contribution in [0.5, 0.6) is 0 Å². The fraction of sp³-hybridized carbons (Fsp3) is 0.632. The van der Waals surface area contributed by atoms with Crippen molar-refractivity contribution in [1.82, 2.24) is 9.97 Å². The van der Waals surface area contributed by atoms with Crippen LogP contribution in [0.15, 0.2) is 11.4 Å². The van der Waals surface area contributed by atoms with Crippen LogP contribution in [0.1, 0.15) is 51.5 Å². The second kappa shape index (κ2) is 7.23. The molecule has 2 aromatic rings. The number of ether oxygens (including phenoxy) is 1. The second-order valence-electron chi connectivity index (χ2n) is 8.00. The monoisotopic (exact) mass is 378 g/mol. The lowest BCUT2D eigenvalue weighted by molar-refractivity contribution is -0.144. The molecular weight excluding hydrogens is 352 g/mol. The van der Waals surface area contributed by atoms with Gasteiger partial charge in [0.1, 0.15) is 16.2 Å². The van der Waals surface area contributed by atoms with Crippen molar-refractivity contribution in [2.24, 2.45) is 11.3 Å². The van der Waals surface area contributed by atoms with Crippen molar-refractivity contribution in [1.29, 1.82) is 0 Å². The molecule has 1 aliphatic rings. The zero-order valence-corrected chi connectivity index (χ0v) is 17.2. The molecule has 0 fully saturated rings. The summed E-state index contributed by atoms with van der Waals surface area (Å²) in [5.41, 5.74) is 1.73. The van der Waals surface area contributed by atoms with E-state index in [1.807, 2.05) is 13.8 Å². The second-order valence-corrected chi connectivity index (χ2v) is 10.0. The summed E-state index contributed by atoms with van der Waals surface area (Å²) in [6, 6.07) is 0. The molecule has 0 bridgehead atoms. The maximum Gasteiger partial charge on any atom is 0.316 e. The van der Waals surface area contributed by atoms with Crippen molar-refractivity contribution >= 4 is 39.3 Å².